The van der Waals surface area contributed by atoms with E-state index in [2.05, 4.69) is 17.2 Å². The quantitative estimate of drug-likeness (QED) is 0.677. The SMILES string of the molecule is CCCCC(CN)NC(=O)Cn1c(=O)c2c(ncn2C)n(C)c1=O. The Morgan fingerprint density at radius 1 is 1.38 bits per heavy atom. The highest BCUT2D eigenvalue weighted by Gasteiger charge is 2.18. The van der Waals surface area contributed by atoms with Crippen LogP contribution in [0.4, 0.5) is 0 Å². The van der Waals surface area contributed by atoms with Gasteiger partial charge in [0.25, 0.3) is 5.56 Å². The summed E-state index contributed by atoms with van der Waals surface area (Å²) in [4.78, 5) is 41.2. The highest BCUT2D eigenvalue weighted by molar-refractivity contribution is 5.77. The first-order valence-corrected chi connectivity index (χ1v) is 8.01. The number of carbonyl (C=O) groups excluding carboxylic acids is 1. The van der Waals surface area contributed by atoms with Gasteiger partial charge >= 0.3 is 5.69 Å². The zero-order valence-electron chi connectivity index (χ0n) is 14.3. The van der Waals surface area contributed by atoms with Crippen LogP contribution in [0.25, 0.3) is 11.2 Å². The number of aryl methyl sites for hydroxylation is 2. The molecule has 132 valence electrons. The number of unbranched alkanes of at least 4 members (excludes halogenated alkanes) is 1. The Balaban J connectivity index is 2.30. The van der Waals surface area contributed by atoms with Crippen LogP contribution in [-0.4, -0.2) is 37.2 Å². The van der Waals surface area contributed by atoms with Crippen LogP contribution < -0.4 is 22.3 Å². The van der Waals surface area contributed by atoms with Crippen molar-refractivity contribution in [2.45, 2.75) is 38.8 Å². The molecule has 3 N–H and O–H groups in total. The largest absolute Gasteiger partial charge is 0.351 e. The van der Waals surface area contributed by atoms with Crippen molar-refractivity contribution < 1.29 is 4.79 Å². The number of imidazole rings is 1. The van der Waals surface area contributed by atoms with E-state index < -0.39 is 17.2 Å². The zero-order chi connectivity index (χ0) is 17.9. The van der Waals surface area contributed by atoms with Gasteiger partial charge in [0, 0.05) is 26.7 Å². The minimum Gasteiger partial charge on any atom is -0.351 e. The van der Waals surface area contributed by atoms with Crippen molar-refractivity contribution in [3.63, 3.8) is 0 Å². The second kappa shape index (κ2) is 7.43. The summed E-state index contributed by atoms with van der Waals surface area (Å²) in [6.07, 6.45) is 4.19. The predicted molar refractivity (Wildman–Crippen MR) is 90.7 cm³/mol. The predicted octanol–water partition coefficient (Wildman–Crippen LogP) is -0.933. The molecule has 24 heavy (non-hydrogen) atoms. The van der Waals surface area contributed by atoms with Crippen LogP contribution in [0.2, 0.25) is 0 Å². The van der Waals surface area contributed by atoms with Crippen molar-refractivity contribution in [1.82, 2.24) is 24.0 Å². The van der Waals surface area contributed by atoms with Crippen molar-refractivity contribution in [3.05, 3.63) is 27.2 Å². The van der Waals surface area contributed by atoms with E-state index in [1.54, 1.807) is 7.05 Å². The fourth-order valence-corrected chi connectivity index (χ4v) is 2.65. The smallest absolute Gasteiger partial charge is 0.332 e. The first-order valence-electron chi connectivity index (χ1n) is 8.01. The molecule has 0 aromatic carbocycles. The fourth-order valence-electron chi connectivity index (χ4n) is 2.65. The number of amides is 1. The van der Waals surface area contributed by atoms with Crippen molar-refractivity contribution in [3.8, 4) is 0 Å². The third-order valence-corrected chi connectivity index (χ3v) is 4.06. The average molecular weight is 336 g/mol. The monoisotopic (exact) mass is 336 g/mol. The van der Waals surface area contributed by atoms with E-state index in [4.69, 9.17) is 5.73 Å². The lowest BCUT2D eigenvalue weighted by molar-refractivity contribution is -0.122. The first kappa shape index (κ1) is 17.9. The van der Waals surface area contributed by atoms with E-state index in [9.17, 15) is 14.4 Å². The highest BCUT2D eigenvalue weighted by Crippen LogP contribution is 2.03. The molecular weight excluding hydrogens is 312 g/mol. The summed E-state index contributed by atoms with van der Waals surface area (Å²) in [5.41, 5.74) is 5.14. The number of aromatic nitrogens is 4. The molecule has 2 rings (SSSR count). The topological polar surface area (TPSA) is 117 Å². The Hall–Kier alpha value is -2.42. The summed E-state index contributed by atoms with van der Waals surface area (Å²) in [6.45, 7) is 2.04. The first-order chi connectivity index (χ1) is 11.4. The highest BCUT2D eigenvalue weighted by atomic mass is 16.2. The van der Waals surface area contributed by atoms with Crippen LogP contribution in [-0.2, 0) is 25.4 Å². The van der Waals surface area contributed by atoms with Gasteiger partial charge in [-0.3, -0.25) is 14.2 Å². The lowest BCUT2D eigenvalue weighted by Crippen LogP contribution is -2.47. The van der Waals surface area contributed by atoms with Gasteiger partial charge in [-0.15, -0.1) is 0 Å². The summed E-state index contributed by atoms with van der Waals surface area (Å²) in [5, 5.41) is 2.79. The fraction of sp³-hybridized carbons (Fsp3) is 0.600. The number of carbonyl (C=O) groups is 1. The second-order valence-corrected chi connectivity index (χ2v) is 5.90. The van der Waals surface area contributed by atoms with Crippen LogP contribution >= 0.6 is 0 Å². The Morgan fingerprint density at radius 3 is 2.71 bits per heavy atom. The van der Waals surface area contributed by atoms with Crippen LogP contribution in [0.15, 0.2) is 15.9 Å². The van der Waals surface area contributed by atoms with E-state index >= 15 is 0 Å². The molecular formula is C15H24N6O3. The molecule has 1 atom stereocenters. The lowest BCUT2D eigenvalue weighted by Gasteiger charge is -2.17. The molecule has 0 fully saturated rings. The van der Waals surface area contributed by atoms with Crippen LogP contribution in [0.3, 0.4) is 0 Å². The van der Waals surface area contributed by atoms with E-state index in [1.807, 2.05) is 0 Å². The molecule has 0 bridgehead atoms. The number of fused-ring (bicyclic) bond motifs is 1. The molecule has 0 saturated carbocycles. The van der Waals surface area contributed by atoms with Gasteiger partial charge in [-0.05, 0) is 6.42 Å². The third-order valence-electron chi connectivity index (χ3n) is 4.06. The molecule has 2 aromatic rings. The summed E-state index contributed by atoms with van der Waals surface area (Å²) in [5.74, 6) is -0.401. The molecule has 9 nitrogen and oxygen atoms in total. The summed E-state index contributed by atoms with van der Waals surface area (Å²) >= 11 is 0. The van der Waals surface area contributed by atoms with E-state index in [0.717, 1.165) is 23.8 Å². The molecule has 0 aliphatic rings. The van der Waals surface area contributed by atoms with Gasteiger partial charge in [0.05, 0.1) is 6.33 Å². The summed E-state index contributed by atoms with van der Waals surface area (Å²) in [7, 11) is 3.19. The molecule has 0 saturated heterocycles. The number of rotatable bonds is 7. The van der Waals surface area contributed by atoms with Crippen LogP contribution in [0, 0.1) is 0 Å². The van der Waals surface area contributed by atoms with Crippen LogP contribution in [0.1, 0.15) is 26.2 Å². The second-order valence-electron chi connectivity index (χ2n) is 5.90. The Bertz CT molecular complexity index is 847. The third kappa shape index (κ3) is 3.40. The van der Waals surface area contributed by atoms with Crippen molar-refractivity contribution in [2.75, 3.05) is 6.54 Å². The Labute approximate surface area is 139 Å². The minimum absolute atomic E-state index is 0.155. The normalized spacial score (nSPS) is 12.5. The zero-order valence-corrected chi connectivity index (χ0v) is 14.3. The number of nitrogens with two attached hydrogens (primary N) is 1. The maximum atomic E-state index is 12.5. The van der Waals surface area contributed by atoms with Gasteiger partial charge in [0.1, 0.15) is 6.54 Å². The maximum Gasteiger partial charge on any atom is 0.332 e. The van der Waals surface area contributed by atoms with Crippen molar-refractivity contribution in [2.24, 2.45) is 19.8 Å². The molecule has 1 unspecified atom stereocenters. The van der Waals surface area contributed by atoms with E-state index in [-0.39, 0.29) is 18.1 Å². The van der Waals surface area contributed by atoms with Gasteiger partial charge in [-0.2, -0.15) is 0 Å². The molecule has 0 radical (unpaired) electrons. The van der Waals surface area contributed by atoms with Gasteiger partial charge < -0.3 is 15.6 Å². The van der Waals surface area contributed by atoms with Crippen molar-refractivity contribution >= 4 is 17.1 Å². The van der Waals surface area contributed by atoms with E-state index in [0.29, 0.717) is 12.2 Å². The number of hydrogen-bond donors (Lipinski definition) is 2. The van der Waals surface area contributed by atoms with Crippen LogP contribution in [0.5, 0.6) is 0 Å². The number of nitrogens with zero attached hydrogens (tertiary/aromatic N) is 4. The van der Waals surface area contributed by atoms with E-state index in [1.165, 1.54) is 22.5 Å². The Kier molecular flexibility index (Phi) is 5.55. The van der Waals surface area contributed by atoms with Gasteiger partial charge in [-0.25, -0.2) is 14.3 Å². The average Bonchev–Trinajstić information content (AvgIpc) is 2.95. The van der Waals surface area contributed by atoms with Gasteiger partial charge in [0.2, 0.25) is 5.91 Å². The number of hydrogen-bond acceptors (Lipinski definition) is 5. The van der Waals surface area contributed by atoms with Crippen molar-refractivity contribution in [1.29, 1.82) is 0 Å². The summed E-state index contributed by atoms with van der Waals surface area (Å²) < 4.78 is 3.73. The maximum absolute atomic E-state index is 12.5. The Morgan fingerprint density at radius 2 is 2.08 bits per heavy atom. The lowest BCUT2D eigenvalue weighted by atomic mass is 10.1. The minimum atomic E-state index is -0.570. The molecule has 9 heteroatoms. The van der Waals surface area contributed by atoms with Gasteiger partial charge in [0.15, 0.2) is 11.2 Å². The van der Waals surface area contributed by atoms with Gasteiger partial charge in [-0.1, -0.05) is 19.8 Å². The standard InChI is InChI=1S/C15H24N6O3/c1-4-5-6-10(7-16)18-11(22)8-21-14(23)12-13(17-9-19(12)2)20(3)15(21)24/h9-10H,4-8,16H2,1-3H3,(H,18,22). The molecule has 2 heterocycles. The molecule has 1 amide bonds. The molecule has 2 aromatic heterocycles. The number of nitrogens with one attached hydrogen (secondary N) is 1. The molecule has 0 aliphatic carbocycles. The summed E-state index contributed by atoms with van der Waals surface area (Å²) in [6, 6.07) is -0.155. The molecule has 0 spiro atoms. The molecule has 0 aliphatic heterocycles.